The van der Waals surface area contributed by atoms with E-state index in [0.29, 0.717) is 42.0 Å². The monoisotopic (exact) mass is 589 g/mol. The molecule has 0 saturated heterocycles. The molecule has 6 rings (SSSR count). The predicted molar refractivity (Wildman–Crippen MR) is 170 cm³/mol. The molecule has 2 fully saturated rings. The van der Waals surface area contributed by atoms with E-state index in [0.717, 1.165) is 49.3 Å². The third-order valence-electron chi connectivity index (χ3n) is 10.2. The number of halogens is 2. The van der Waals surface area contributed by atoms with Crippen LogP contribution in [0.3, 0.4) is 0 Å². The molecule has 2 saturated carbocycles. The maximum Gasteiger partial charge on any atom is 0.254 e. The van der Waals surface area contributed by atoms with Gasteiger partial charge in [0.05, 0.1) is 29.6 Å². The molecule has 0 radical (unpaired) electrons. The molecule has 5 nitrogen and oxygen atoms in total. The lowest BCUT2D eigenvalue weighted by Gasteiger charge is -2.42. The Labute approximate surface area is 254 Å². The molecule has 2 aromatic rings. The summed E-state index contributed by atoms with van der Waals surface area (Å²) in [5.74, 6) is -1.32. The van der Waals surface area contributed by atoms with Crippen LogP contribution in [0.2, 0.25) is 0 Å². The smallest absolute Gasteiger partial charge is 0.254 e. The van der Waals surface area contributed by atoms with Crippen LogP contribution in [-0.4, -0.2) is 44.3 Å². The van der Waals surface area contributed by atoms with E-state index in [-0.39, 0.29) is 17.2 Å². The number of hydrogen-bond acceptors (Lipinski definition) is 4. The SMILES string of the molecule is CCNC(=O)c1ccc(-c2cc3c(cc2C)N(C2CCC(CC(C)OCC4=CC5CC5(C)C=C4)CC2)CCN3)c(F)c1F. The van der Waals surface area contributed by atoms with Crippen LogP contribution >= 0.6 is 0 Å². The third kappa shape index (κ3) is 6.11. The second kappa shape index (κ2) is 12.1. The molecule has 3 aliphatic carbocycles. The molecule has 0 aromatic heterocycles. The van der Waals surface area contributed by atoms with E-state index in [1.54, 1.807) is 6.92 Å². The lowest BCUT2D eigenvalue weighted by Crippen LogP contribution is -2.44. The van der Waals surface area contributed by atoms with Crippen molar-refractivity contribution in [1.29, 1.82) is 0 Å². The van der Waals surface area contributed by atoms with Gasteiger partial charge >= 0.3 is 0 Å². The summed E-state index contributed by atoms with van der Waals surface area (Å²) in [6.45, 7) is 11.0. The Morgan fingerprint density at radius 2 is 1.95 bits per heavy atom. The summed E-state index contributed by atoms with van der Waals surface area (Å²) in [5.41, 5.74) is 5.23. The third-order valence-corrected chi connectivity index (χ3v) is 10.2. The van der Waals surface area contributed by atoms with Crippen LogP contribution < -0.4 is 15.5 Å². The van der Waals surface area contributed by atoms with E-state index >= 15 is 4.39 Å². The number of ether oxygens (including phenoxy) is 1. The van der Waals surface area contributed by atoms with Crippen molar-refractivity contribution in [2.75, 3.05) is 36.5 Å². The molecule has 3 unspecified atom stereocenters. The van der Waals surface area contributed by atoms with Crippen molar-refractivity contribution in [3.63, 3.8) is 0 Å². The molecule has 1 heterocycles. The summed E-state index contributed by atoms with van der Waals surface area (Å²) >= 11 is 0. The van der Waals surface area contributed by atoms with E-state index < -0.39 is 17.5 Å². The maximum atomic E-state index is 15.2. The molecule has 4 aliphatic rings. The molecule has 0 spiro atoms. The standard InChI is InChI=1S/C36H45F2N3O2/c1-5-39-35(42)29-11-10-28(33(37)34(29)38)30-19-31-32(16-22(30)2)41(15-14-40-31)27-8-6-24(7-9-27)17-23(3)43-21-25-12-13-36(4)20-26(36)18-25/h10-13,16,18-19,23-24,26-27,40H,5-9,14-15,17,20-21H2,1-4H3,(H,39,42). The van der Waals surface area contributed by atoms with E-state index in [9.17, 15) is 9.18 Å². The van der Waals surface area contributed by atoms with Crippen molar-refractivity contribution < 1.29 is 18.3 Å². The molecular formula is C36H45F2N3O2. The maximum absolute atomic E-state index is 15.2. The van der Waals surface area contributed by atoms with Gasteiger partial charge in [-0.25, -0.2) is 8.78 Å². The number of amides is 1. The van der Waals surface area contributed by atoms with Gasteiger partial charge in [0.1, 0.15) is 0 Å². The number of benzene rings is 2. The highest BCUT2D eigenvalue weighted by Gasteiger charge is 2.47. The molecular weight excluding hydrogens is 544 g/mol. The van der Waals surface area contributed by atoms with Gasteiger partial charge in [-0.15, -0.1) is 0 Å². The first-order valence-corrected chi connectivity index (χ1v) is 16.1. The minimum absolute atomic E-state index is 0.170. The van der Waals surface area contributed by atoms with Gasteiger partial charge in [0.25, 0.3) is 5.91 Å². The average Bonchev–Trinajstić information content (AvgIpc) is 3.68. The molecule has 2 N–H and O–H groups in total. The second-order valence-electron chi connectivity index (χ2n) is 13.4. The van der Waals surface area contributed by atoms with Gasteiger partial charge in [0.2, 0.25) is 0 Å². The largest absolute Gasteiger partial charge is 0.382 e. The molecule has 1 aliphatic heterocycles. The van der Waals surface area contributed by atoms with Crippen LogP contribution in [0.4, 0.5) is 20.2 Å². The van der Waals surface area contributed by atoms with Gasteiger partial charge in [0.15, 0.2) is 11.6 Å². The molecule has 7 heteroatoms. The number of nitrogens with zero attached hydrogens (tertiary/aromatic N) is 1. The second-order valence-corrected chi connectivity index (χ2v) is 13.4. The summed E-state index contributed by atoms with van der Waals surface area (Å²) in [4.78, 5) is 14.7. The highest BCUT2D eigenvalue weighted by molar-refractivity contribution is 5.95. The highest BCUT2D eigenvalue weighted by atomic mass is 19.2. The number of anilines is 2. The summed E-state index contributed by atoms with van der Waals surface area (Å²) in [7, 11) is 0. The van der Waals surface area contributed by atoms with Crippen molar-refractivity contribution in [1.82, 2.24) is 5.32 Å². The number of carbonyl (C=O) groups excluding carboxylic acids is 1. The van der Waals surface area contributed by atoms with Crippen molar-refractivity contribution in [2.45, 2.75) is 78.4 Å². The minimum Gasteiger partial charge on any atom is -0.382 e. The molecule has 0 bridgehead atoms. The number of hydrogen-bond donors (Lipinski definition) is 2. The van der Waals surface area contributed by atoms with Gasteiger partial charge in [-0.2, -0.15) is 0 Å². The Hall–Kier alpha value is -3.19. The minimum atomic E-state index is -1.11. The fourth-order valence-electron chi connectivity index (χ4n) is 7.39. The van der Waals surface area contributed by atoms with Crippen LogP contribution in [0, 0.1) is 35.8 Å². The van der Waals surface area contributed by atoms with E-state index in [2.05, 4.69) is 53.7 Å². The highest BCUT2D eigenvalue weighted by Crippen LogP contribution is 2.56. The van der Waals surface area contributed by atoms with Gasteiger partial charge in [-0.1, -0.05) is 31.2 Å². The van der Waals surface area contributed by atoms with Gasteiger partial charge < -0.3 is 20.3 Å². The van der Waals surface area contributed by atoms with E-state index in [4.69, 9.17) is 4.74 Å². The van der Waals surface area contributed by atoms with Crippen LogP contribution in [-0.2, 0) is 4.74 Å². The Morgan fingerprint density at radius 3 is 2.70 bits per heavy atom. The van der Waals surface area contributed by atoms with Gasteiger partial charge in [-0.3, -0.25) is 4.79 Å². The summed E-state index contributed by atoms with van der Waals surface area (Å²) in [6, 6.07) is 7.39. The summed E-state index contributed by atoms with van der Waals surface area (Å²) < 4.78 is 36.4. The number of rotatable bonds is 9. The normalized spacial score (nSPS) is 26.6. The molecule has 43 heavy (non-hydrogen) atoms. The summed E-state index contributed by atoms with van der Waals surface area (Å²) in [5, 5.41) is 6.02. The van der Waals surface area contributed by atoms with Gasteiger partial charge in [-0.05, 0) is 111 Å². The first-order chi connectivity index (χ1) is 20.7. The van der Waals surface area contributed by atoms with E-state index in [1.165, 1.54) is 37.0 Å². The molecule has 230 valence electrons. The van der Waals surface area contributed by atoms with Crippen molar-refractivity contribution in [2.24, 2.45) is 17.3 Å². The Bertz CT molecular complexity index is 1440. The number of nitrogens with one attached hydrogen (secondary N) is 2. The summed E-state index contributed by atoms with van der Waals surface area (Å²) in [6.07, 6.45) is 14.3. The quantitative estimate of drug-likeness (QED) is 0.313. The predicted octanol–water partition coefficient (Wildman–Crippen LogP) is 7.80. The zero-order valence-corrected chi connectivity index (χ0v) is 25.9. The number of aryl methyl sites for hydroxylation is 1. The Morgan fingerprint density at radius 1 is 1.16 bits per heavy atom. The average molecular weight is 590 g/mol. The molecule has 3 atom stereocenters. The zero-order chi connectivity index (χ0) is 30.3. The fourth-order valence-corrected chi connectivity index (χ4v) is 7.39. The lowest BCUT2D eigenvalue weighted by molar-refractivity contribution is 0.0588. The van der Waals surface area contributed by atoms with Crippen LogP contribution in [0.1, 0.15) is 75.2 Å². The van der Waals surface area contributed by atoms with Crippen LogP contribution in [0.5, 0.6) is 0 Å². The van der Waals surface area contributed by atoms with Crippen molar-refractivity contribution in [3.8, 4) is 11.1 Å². The fraction of sp³-hybridized carbons (Fsp3) is 0.528. The van der Waals surface area contributed by atoms with Crippen molar-refractivity contribution in [3.05, 3.63) is 70.8 Å². The topological polar surface area (TPSA) is 53.6 Å². The van der Waals surface area contributed by atoms with Gasteiger partial charge in [0, 0.05) is 31.2 Å². The number of fused-ring (bicyclic) bond motifs is 2. The van der Waals surface area contributed by atoms with E-state index in [1.807, 2.05) is 13.0 Å². The number of carbonyl (C=O) groups is 1. The first-order valence-electron chi connectivity index (χ1n) is 16.1. The first kappa shape index (κ1) is 29.9. The van der Waals surface area contributed by atoms with Crippen molar-refractivity contribution >= 4 is 17.3 Å². The van der Waals surface area contributed by atoms with Crippen LogP contribution in [0.25, 0.3) is 11.1 Å². The molecule has 1 amide bonds. The van der Waals surface area contributed by atoms with Crippen LogP contribution in [0.15, 0.2) is 48.1 Å². The lowest BCUT2D eigenvalue weighted by atomic mass is 9.82. The zero-order valence-electron chi connectivity index (χ0n) is 25.9. The Balaban J connectivity index is 1.08. The molecule has 2 aromatic carbocycles. The Kier molecular flexibility index (Phi) is 8.38. The number of allylic oxidation sites excluding steroid dienone is 2.